The third-order valence-electron chi connectivity index (χ3n) is 4.99. The summed E-state index contributed by atoms with van der Waals surface area (Å²) in [5, 5.41) is 8.12. The lowest BCUT2D eigenvalue weighted by atomic mass is 9.91. The monoisotopic (exact) mass is 306 g/mol. The first-order chi connectivity index (χ1) is 10.2. The summed E-state index contributed by atoms with van der Waals surface area (Å²) < 4.78 is 1.70. The van der Waals surface area contributed by atoms with Crippen molar-refractivity contribution in [1.82, 2.24) is 24.5 Å². The second-order valence-electron chi connectivity index (χ2n) is 6.20. The summed E-state index contributed by atoms with van der Waals surface area (Å²) in [5.74, 6) is 2.12. The molecule has 2 fully saturated rings. The lowest BCUT2D eigenvalue weighted by Gasteiger charge is -2.36. The van der Waals surface area contributed by atoms with Gasteiger partial charge in [-0.05, 0) is 38.6 Å². The molecule has 6 nitrogen and oxygen atoms in total. The van der Waals surface area contributed by atoms with Crippen LogP contribution in [-0.4, -0.2) is 50.2 Å². The van der Waals surface area contributed by atoms with Crippen LogP contribution in [0.3, 0.4) is 0 Å². The lowest BCUT2D eigenvalue weighted by molar-refractivity contribution is 0.139. The Morgan fingerprint density at radius 3 is 2.86 bits per heavy atom. The molecule has 7 heteroatoms. The van der Waals surface area contributed by atoms with Crippen LogP contribution in [0.5, 0.6) is 0 Å². The molecular weight excluding hydrogens is 288 g/mol. The molecule has 4 heterocycles. The van der Waals surface area contributed by atoms with E-state index in [0.717, 1.165) is 24.4 Å². The van der Waals surface area contributed by atoms with Gasteiger partial charge in [0.05, 0.1) is 0 Å². The predicted molar refractivity (Wildman–Crippen MR) is 81.6 cm³/mol. The first-order valence-corrected chi connectivity index (χ1v) is 7.90. The third kappa shape index (κ3) is 2.36. The van der Waals surface area contributed by atoms with Gasteiger partial charge in [0.25, 0.3) is 5.78 Å². The molecule has 0 amide bonds. The summed E-state index contributed by atoms with van der Waals surface area (Å²) in [7, 11) is 2.27. The SMILES string of the molecule is CN1C2CCC1CC(CNc1cc(Cl)nc3ncnn13)C2. The third-order valence-corrected chi connectivity index (χ3v) is 5.18. The molecule has 0 aliphatic carbocycles. The number of hydrogen-bond donors (Lipinski definition) is 1. The molecule has 112 valence electrons. The Hall–Kier alpha value is -1.40. The van der Waals surface area contributed by atoms with Gasteiger partial charge in [-0.1, -0.05) is 11.6 Å². The molecule has 0 radical (unpaired) electrons. The van der Waals surface area contributed by atoms with Crippen molar-refractivity contribution in [2.75, 3.05) is 18.9 Å². The topological polar surface area (TPSA) is 58.3 Å². The Bertz CT molecular complexity index is 642. The van der Waals surface area contributed by atoms with Crippen molar-refractivity contribution in [1.29, 1.82) is 0 Å². The van der Waals surface area contributed by atoms with Crippen molar-refractivity contribution in [3.05, 3.63) is 17.5 Å². The summed E-state index contributed by atoms with van der Waals surface area (Å²) in [4.78, 5) is 10.8. The number of halogens is 1. The van der Waals surface area contributed by atoms with E-state index in [1.807, 2.05) is 6.07 Å². The average molecular weight is 307 g/mol. The molecule has 4 rings (SSSR count). The van der Waals surface area contributed by atoms with E-state index in [1.165, 1.54) is 32.0 Å². The number of hydrogen-bond acceptors (Lipinski definition) is 5. The fourth-order valence-electron chi connectivity index (χ4n) is 3.85. The number of aromatic nitrogens is 4. The van der Waals surface area contributed by atoms with E-state index >= 15 is 0 Å². The second-order valence-corrected chi connectivity index (χ2v) is 6.59. The van der Waals surface area contributed by atoms with Crippen molar-refractivity contribution in [2.24, 2.45) is 5.92 Å². The van der Waals surface area contributed by atoms with Crippen LogP contribution in [0.1, 0.15) is 25.7 Å². The Morgan fingerprint density at radius 2 is 2.10 bits per heavy atom. The molecule has 2 aliphatic rings. The highest BCUT2D eigenvalue weighted by Crippen LogP contribution is 2.37. The number of nitrogens with one attached hydrogen (secondary N) is 1. The average Bonchev–Trinajstić information content (AvgIpc) is 2.98. The van der Waals surface area contributed by atoms with E-state index in [9.17, 15) is 0 Å². The van der Waals surface area contributed by atoms with E-state index in [4.69, 9.17) is 11.6 Å². The molecule has 2 aliphatic heterocycles. The minimum Gasteiger partial charge on any atom is -0.370 e. The smallest absolute Gasteiger partial charge is 0.255 e. The van der Waals surface area contributed by atoms with Crippen LogP contribution in [0.15, 0.2) is 12.4 Å². The Morgan fingerprint density at radius 1 is 1.33 bits per heavy atom. The summed E-state index contributed by atoms with van der Waals surface area (Å²) in [6, 6.07) is 3.35. The van der Waals surface area contributed by atoms with Gasteiger partial charge >= 0.3 is 0 Å². The molecule has 1 N–H and O–H groups in total. The molecular formula is C14H19ClN6. The van der Waals surface area contributed by atoms with E-state index in [-0.39, 0.29) is 0 Å². The van der Waals surface area contributed by atoms with Crippen molar-refractivity contribution in [3.8, 4) is 0 Å². The lowest BCUT2D eigenvalue weighted by Crippen LogP contribution is -2.41. The van der Waals surface area contributed by atoms with Crippen LogP contribution in [-0.2, 0) is 0 Å². The Kier molecular flexibility index (Phi) is 3.23. The first-order valence-electron chi connectivity index (χ1n) is 7.53. The predicted octanol–water partition coefficient (Wildman–Crippen LogP) is 2.06. The van der Waals surface area contributed by atoms with Gasteiger partial charge < -0.3 is 10.2 Å². The molecule has 21 heavy (non-hydrogen) atoms. The fourth-order valence-corrected chi connectivity index (χ4v) is 4.03. The molecule has 2 aromatic heterocycles. The van der Waals surface area contributed by atoms with E-state index < -0.39 is 0 Å². The molecule has 2 atom stereocenters. The fraction of sp³-hybridized carbons (Fsp3) is 0.643. The number of nitrogens with zero attached hydrogens (tertiary/aromatic N) is 5. The zero-order valence-corrected chi connectivity index (χ0v) is 12.8. The first kappa shape index (κ1) is 13.3. The van der Waals surface area contributed by atoms with Crippen molar-refractivity contribution < 1.29 is 0 Å². The molecule has 0 spiro atoms. The van der Waals surface area contributed by atoms with E-state index in [1.54, 1.807) is 4.52 Å². The Balaban J connectivity index is 1.48. The van der Waals surface area contributed by atoms with Gasteiger partial charge in [-0.2, -0.15) is 19.6 Å². The van der Waals surface area contributed by atoms with Crippen molar-refractivity contribution in [2.45, 2.75) is 37.8 Å². The van der Waals surface area contributed by atoms with Crippen LogP contribution >= 0.6 is 11.6 Å². The largest absolute Gasteiger partial charge is 0.370 e. The van der Waals surface area contributed by atoms with Gasteiger partial charge in [-0.25, -0.2) is 0 Å². The van der Waals surface area contributed by atoms with Crippen molar-refractivity contribution in [3.63, 3.8) is 0 Å². The molecule has 2 bridgehead atoms. The molecule has 0 saturated carbocycles. The highest BCUT2D eigenvalue weighted by atomic mass is 35.5. The van der Waals surface area contributed by atoms with Crippen LogP contribution in [0, 0.1) is 5.92 Å². The molecule has 2 unspecified atom stereocenters. The van der Waals surface area contributed by atoms with Crippen LogP contribution in [0.4, 0.5) is 5.82 Å². The van der Waals surface area contributed by atoms with Gasteiger partial charge in [0.2, 0.25) is 0 Å². The van der Waals surface area contributed by atoms with Gasteiger partial charge in [0.15, 0.2) is 0 Å². The van der Waals surface area contributed by atoms with Crippen LogP contribution < -0.4 is 5.32 Å². The van der Waals surface area contributed by atoms with Crippen LogP contribution in [0.2, 0.25) is 5.15 Å². The minimum absolute atomic E-state index is 0.446. The molecule has 2 saturated heterocycles. The van der Waals surface area contributed by atoms with Gasteiger partial charge in [0, 0.05) is 24.7 Å². The van der Waals surface area contributed by atoms with E-state index in [0.29, 0.717) is 16.8 Å². The number of fused-ring (bicyclic) bond motifs is 3. The minimum atomic E-state index is 0.446. The summed E-state index contributed by atoms with van der Waals surface area (Å²) >= 11 is 6.04. The molecule has 0 aromatic carbocycles. The van der Waals surface area contributed by atoms with Crippen molar-refractivity contribution >= 4 is 23.2 Å². The summed E-state index contributed by atoms with van der Waals surface area (Å²) in [6.45, 7) is 0.955. The summed E-state index contributed by atoms with van der Waals surface area (Å²) in [5.41, 5.74) is 0. The maximum Gasteiger partial charge on any atom is 0.255 e. The zero-order chi connectivity index (χ0) is 14.4. The number of anilines is 1. The van der Waals surface area contributed by atoms with Gasteiger partial charge in [-0.15, -0.1) is 0 Å². The Labute approximate surface area is 128 Å². The van der Waals surface area contributed by atoms with Gasteiger partial charge in [0.1, 0.15) is 17.3 Å². The van der Waals surface area contributed by atoms with Crippen LogP contribution in [0.25, 0.3) is 5.78 Å². The highest BCUT2D eigenvalue weighted by molar-refractivity contribution is 6.29. The van der Waals surface area contributed by atoms with Gasteiger partial charge in [-0.3, -0.25) is 0 Å². The maximum atomic E-state index is 6.04. The number of rotatable bonds is 3. The highest BCUT2D eigenvalue weighted by Gasteiger charge is 2.38. The normalized spacial score (nSPS) is 29.1. The molecule has 2 aromatic rings. The summed E-state index contributed by atoms with van der Waals surface area (Å²) in [6.07, 6.45) is 6.76. The standard InChI is InChI=1S/C14H19ClN6/c1-20-10-2-3-11(20)5-9(4-10)7-16-13-6-12(15)19-14-17-8-18-21(13)14/h6,8-11,16H,2-5,7H2,1H3. The maximum absolute atomic E-state index is 6.04. The number of piperidine rings is 1. The van der Waals surface area contributed by atoms with E-state index in [2.05, 4.69) is 32.3 Å². The second kappa shape index (κ2) is 5.10. The quantitative estimate of drug-likeness (QED) is 0.880. The zero-order valence-electron chi connectivity index (χ0n) is 12.0.